The topological polar surface area (TPSA) is 50.9 Å². The number of nitrogens with one attached hydrogen (secondary N) is 1. The van der Waals surface area contributed by atoms with Crippen molar-refractivity contribution >= 4 is 5.82 Å². The molecule has 0 aliphatic carbocycles. The fraction of sp³-hybridized carbons (Fsp3) is 0.545. The zero-order chi connectivity index (χ0) is 12.9. The van der Waals surface area contributed by atoms with Crippen LogP contribution in [-0.4, -0.2) is 17.7 Å². The number of hydrogen-bond donors (Lipinski definition) is 2. The summed E-state index contributed by atoms with van der Waals surface area (Å²) in [5.41, 5.74) is 5.99. The lowest BCUT2D eigenvalue weighted by Crippen LogP contribution is -2.28. The highest BCUT2D eigenvalue weighted by molar-refractivity contribution is 5.40. The van der Waals surface area contributed by atoms with Crippen LogP contribution in [0.3, 0.4) is 0 Å². The summed E-state index contributed by atoms with van der Waals surface area (Å²) in [5.74, 6) is 0.144. The number of alkyl halides is 3. The highest BCUT2D eigenvalue weighted by Crippen LogP contribution is 2.31. The molecule has 3 nitrogen and oxygen atoms in total. The summed E-state index contributed by atoms with van der Waals surface area (Å²) in [5, 5.41) is 2.84. The van der Waals surface area contributed by atoms with Gasteiger partial charge >= 0.3 is 6.18 Å². The molecule has 1 unspecified atom stereocenters. The fourth-order valence-corrected chi connectivity index (χ4v) is 1.57. The number of pyridine rings is 1. The summed E-state index contributed by atoms with van der Waals surface area (Å²) in [4.78, 5) is 3.81. The smallest absolute Gasteiger partial charge is 0.383 e. The number of rotatable bonds is 5. The molecule has 6 heteroatoms. The second-order valence-corrected chi connectivity index (χ2v) is 3.80. The average Bonchev–Trinajstić information content (AvgIpc) is 2.23. The van der Waals surface area contributed by atoms with Crippen molar-refractivity contribution in [3.63, 3.8) is 0 Å². The van der Waals surface area contributed by atoms with Crippen molar-refractivity contribution in [3.8, 4) is 0 Å². The SMILES string of the molecule is CCCNC(CC(F)(F)F)c1cccnc1N. The summed E-state index contributed by atoms with van der Waals surface area (Å²) in [6.07, 6.45) is -2.95. The Morgan fingerprint density at radius 1 is 1.47 bits per heavy atom. The van der Waals surface area contributed by atoms with Crippen molar-refractivity contribution in [2.45, 2.75) is 32.0 Å². The first-order chi connectivity index (χ1) is 7.94. The molecule has 0 saturated carbocycles. The molecule has 0 fully saturated rings. The highest BCUT2D eigenvalue weighted by Gasteiger charge is 2.33. The molecule has 1 rings (SSSR count). The van der Waals surface area contributed by atoms with Crippen molar-refractivity contribution in [1.82, 2.24) is 10.3 Å². The third-order valence-corrected chi connectivity index (χ3v) is 2.32. The van der Waals surface area contributed by atoms with Gasteiger partial charge in [-0.3, -0.25) is 0 Å². The van der Waals surface area contributed by atoms with Gasteiger partial charge in [-0.05, 0) is 19.0 Å². The number of halogens is 3. The van der Waals surface area contributed by atoms with Gasteiger partial charge in [0.05, 0.1) is 6.42 Å². The predicted octanol–water partition coefficient (Wildman–Crippen LogP) is 2.66. The molecular formula is C11H16F3N3. The van der Waals surface area contributed by atoms with E-state index in [1.165, 1.54) is 6.20 Å². The third kappa shape index (κ3) is 4.60. The Balaban J connectivity index is 2.86. The standard InChI is InChI=1S/C11H16F3N3/c1-2-5-16-9(7-11(12,13)14)8-4-3-6-17-10(8)15/h3-4,6,9,16H,2,5,7H2,1H3,(H2,15,17). The Labute approximate surface area is 98.2 Å². The van der Waals surface area contributed by atoms with Crippen LogP contribution in [0.5, 0.6) is 0 Å². The van der Waals surface area contributed by atoms with E-state index in [9.17, 15) is 13.2 Å². The van der Waals surface area contributed by atoms with Crippen molar-refractivity contribution < 1.29 is 13.2 Å². The van der Waals surface area contributed by atoms with Crippen LogP contribution < -0.4 is 11.1 Å². The van der Waals surface area contributed by atoms with Crippen LogP contribution in [0.15, 0.2) is 18.3 Å². The van der Waals surface area contributed by atoms with Gasteiger partial charge in [0.1, 0.15) is 5.82 Å². The Kier molecular flexibility index (Phi) is 4.74. The largest absolute Gasteiger partial charge is 0.390 e. The molecule has 0 aliphatic rings. The Hall–Kier alpha value is -1.30. The molecule has 0 amide bonds. The Bertz CT molecular complexity index is 352. The lowest BCUT2D eigenvalue weighted by atomic mass is 10.0. The van der Waals surface area contributed by atoms with Crippen LogP contribution in [0.4, 0.5) is 19.0 Å². The summed E-state index contributed by atoms with van der Waals surface area (Å²) in [7, 11) is 0. The number of nitrogens with two attached hydrogens (primary N) is 1. The zero-order valence-electron chi connectivity index (χ0n) is 9.59. The molecule has 0 radical (unpaired) electrons. The van der Waals surface area contributed by atoms with Gasteiger partial charge in [-0.2, -0.15) is 13.2 Å². The van der Waals surface area contributed by atoms with Gasteiger partial charge in [0.2, 0.25) is 0 Å². The van der Waals surface area contributed by atoms with Gasteiger partial charge in [0.25, 0.3) is 0 Å². The summed E-state index contributed by atoms with van der Waals surface area (Å²) in [6.45, 7) is 2.40. The van der Waals surface area contributed by atoms with E-state index in [-0.39, 0.29) is 5.82 Å². The molecule has 1 aromatic rings. The Morgan fingerprint density at radius 3 is 2.71 bits per heavy atom. The lowest BCUT2D eigenvalue weighted by Gasteiger charge is -2.21. The third-order valence-electron chi connectivity index (χ3n) is 2.32. The van der Waals surface area contributed by atoms with Gasteiger partial charge in [0, 0.05) is 17.8 Å². The number of nitrogens with zero attached hydrogens (tertiary/aromatic N) is 1. The maximum Gasteiger partial charge on any atom is 0.390 e. The first-order valence-electron chi connectivity index (χ1n) is 5.44. The van der Waals surface area contributed by atoms with Crippen LogP contribution in [0.2, 0.25) is 0 Å². The van der Waals surface area contributed by atoms with E-state index >= 15 is 0 Å². The maximum absolute atomic E-state index is 12.4. The highest BCUT2D eigenvalue weighted by atomic mass is 19.4. The molecule has 0 bridgehead atoms. The van der Waals surface area contributed by atoms with E-state index in [1.54, 1.807) is 12.1 Å². The fourth-order valence-electron chi connectivity index (χ4n) is 1.57. The second-order valence-electron chi connectivity index (χ2n) is 3.80. The molecule has 1 aromatic heterocycles. The first kappa shape index (κ1) is 13.8. The summed E-state index contributed by atoms with van der Waals surface area (Å²) in [6, 6.07) is 2.33. The van der Waals surface area contributed by atoms with Crippen LogP contribution in [0, 0.1) is 0 Å². The number of hydrogen-bond acceptors (Lipinski definition) is 3. The van der Waals surface area contributed by atoms with Gasteiger partial charge in [0.15, 0.2) is 0 Å². The molecule has 0 aliphatic heterocycles. The minimum atomic E-state index is -4.23. The number of anilines is 1. The van der Waals surface area contributed by atoms with Crippen LogP contribution in [0.25, 0.3) is 0 Å². The molecule has 17 heavy (non-hydrogen) atoms. The minimum Gasteiger partial charge on any atom is -0.383 e. The number of aromatic nitrogens is 1. The summed E-state index contributed by atoms with van der Waals surface area (Å²) >= 11 is 0. The first-order valence-corrected chi connectivity index (χ1v) is 5.44. The van der Waals surface area contributed by atoms with Gasteiger partial charge in [-0.1, -0.05) is 13.0 Å². The number of nitrogen functional groups attached to an aromatic ring is 1. The maximum atomic E-state index is 12.4. The predicted molar refractivity (Wildman–Crippen MR) is 60.4 cm³/mol. The monoisotopic (exact) mass is 247 g/mol. The molecule has 0 aromatic carbocycles. The average molecular weight is 247 g/mol. The van der Waals surface area contributed by atoms with E-state index < -0.39 is 18.6 Å². The van der Waals surface area contributed by atoms with Crippen molar-refractivity contribution in [3.05, 3.63) is 23.9 Å². The molecule has 1 heterocycles. The lowest BCUT2D eigenvalue weighted by molar-refractivity contribution is -0.140. The van der Waals surface area contributed by atoms with Crippen LogP contribution in [-0.2, 0) is 0 Å². The summed E-state index contributed by atoms with van der Waals surface area (Å²) < 4.78 is 37.3. The minimum absolute atomic E-state index is 0.144. The van der Waals surface area contributed by atoms with Gasteiger partial charge in [-0.25, -0.2) is 4.98 Å². The van der Waals surface area contributed by atoms with Crippen LogP contribution in [0.1, 0.15) is 31.4 Å². The van der Waals surface area contributed by atoms with E-state index in [1.807, 2.05) is 6.92 Å². The van der Waals surface area contributed by atoms with E-state index in [2.05, 4.69) is 10.3 Å². The quantitative estimate of drug-likeness (QED) is 0.841. The van der Waals surface area contributed by atoms with Crippen molar-refractivity contribution in [2.75, 3.05) is 12.3 Å². The van der Waals surface area contributed by atoms with E-state index in [0.29, 0.717) is 12.1 Å². The van der Waals surface area contributed by atoms with Gasteiger partial charge < -0.3 is 11.1 Å². The normalized spacial score (nSPS) is 13.6. The molecule has 0 saturated heterocycles. The van der Waals surface area contributed by atoms with Gasteiger partial charge in [-0.15, -0.1) is 0 Å². The molecule has 0 spiro atoms. The van der Waals surface area contributed by atoms with E-state index in [4.69, 9.17) is 5.73 Å². The molecular weight excluding hydrogens is 231 g/mol. The van der Waals surface area contributed by atoms with E-state index in [0.717, 1.165) is 6.42 Å². The van der Waals surface area contributed by atoms with Crippen molar-refractivity contribution in [1.29, 1.82) is 0 Å². The Morgan fingerprint density at radius 2 is 2.18 bits per heavy atom. The zero-order valence-corrected chi connectivity index (χ0v) is 9.59. The molecule has 1 atom stereocenters. The van der Waals surface area contributed by atoms with Crippen molar-refractivity contribution in [2.24, 2.45) is 0 Å². The van der Waals surface area contributed by atoms with Crippen LogP contribution >= 0.6 is 0 Å². The molecule has 3 N–H and O–H groups in total. The molecule has 96 valence electrons. The second kappa shape index (κ2) is 5.86.